The van der Waals surface area contributed by atoms with Crippen molar-refractivity contribution in [2.24, 2.45) is 0 Å². The van der Waals surface area contributed by atoms with Crippen molar-refractivity contribution >= 4 is 61.3 Å². The normalized spacial score (nSPS) is 21.7. The van der Waals surface area contributed by atoms with Crippen molar-refractivity contribution in [3.05, 3.63) is 0 Å². The quantitative estimate of drug-likeness (QED) is 0.156. The van der Waals surface area contributed by atoms with Crippen LogP contribution in [0, 0.1) is 0 Å². The lowest BCUT2D eigenvalue weighted by molar-refractivity contribution is -0.124. The summed E-state index contributed by atoms with van der Waals surface area (Å²) in [5, 5.41) is 7.36. The van der Waals surface area contributed by atoms with Crippen LogP contribution in [0.15, 0.2) is 0 Å². The Morgan fingerprint density at radius 2 is 1.45 bits per heavy atom. The average Bonchev–Trinajstić information content (AvgIpc) is 3.47. The molecule has 0 bridgehead atoms. The molecule has 5 nitrogen and oxygen atoms in total. The highest BCUT2D eigenvalue weighted by molar-refractivity contribution is 8.77. The van der Waals surface area contributed by atoms with Crippen molar-refractivity contribution in [1.29, 1.82) is 0 Å². The minimum atomic E-state index is -0.406. The van der Waals surface area contributed by atoms with Crippen LogP contribution in [-0.2, 0) is 14.4 Å². The number of hydrogen-bond donors (Lipinski definition) is 2. The summed E-state index contributed by atoms with van der Waals surface area (Å²) in [5.41, 5.74) is 0. The first-order valence-corrected chi connectivity index (χ1v) is 16.5. The lowest BCUT2D eigenvalue weighted by Gasteiger charge is -2.13. The van der Waals surface area contributed by atoms with Crippen LogP contribution in [0.4, 0.5) is 0 Å². The molecule has 9 heteroatoms. The van der Waals surface area contributed by atoms with Gasteiger partial charge in [-0.1, -0.05) is 56.0 Å². The van der Waals surface area contributed by atoms with Crippen LogP contribution in [-0.4, -0.2) is 52.7 Å². The molecule has 178 valence electrons. The highest BCUT2D eigenvalue weighted by atomic mass is 33.1. The number of amides is 2. The van der Waals surface area contributed by atoms with Crippen molar-refractivity contribution in [2.45, 2.75) is 100 Å². The summed E-state index contributed by atoms with van der Waals surface area (Å²) in [4.78, 5) is 35.2. The Balaban J connectivity index is 1.40. The van der Waals surface area contributed by atoms with Gasteiger partial charge >= 0.3 is 0 Å². The molecule has 0 aromatic rings. The first-order valence-electron chi connectivity index (χ1n) is 11.7. The second kappa shape index (κ2) is 17.5. The van der Waals surface area contributed by atoms with E-state index in [-0.39, 0.29) is 11.8 Å². The van der Waals surface area contributed by atoms with E-state index in [1.165, 1.54) is 37.2 Å². The third-order valence-electron chi connectivity index (χ3n) is 5.59. The molecular formula is C22H38N2O3S4. The van der Waals surface area contributed by atoms with Gasteiger partial charge in [-0.15, -0.1) is 0 Å². The summed E-state index contributed by atoms with van der Waals surface area (Å²) in [5.74, 6) is 2.63. The van der Waals surface area contributed by atoms with E-state index in [0.29, 0.717) is 25.8 Å². The van der Waals surface area contributed by atoms with E-state index >= 15 is 0 Å². The lowest BCUT2D eigenvalue weighted by atomic mass is 10.1. The Labute approximate surface area is 203 Å². The molecule has 2 aliphatic heterocycles. The number of rotatable bonds is 17. The summed E-state index contributed by atoms with van der Waals surface area (Å²) in [6.07, 6.45) is 13.3. The fourth-order valence-electron chi connectivity index (χ4n) is 3.70. The van der Waals surface area contributed by atoms with Gasteiger partial charge in [0.05, 0.1) is 6.04 Å². The zero-order valence-electron chi connectivity index (χ0n) is 18.5. The van der Waals surface area contributed by atoms with Gasteiger partial charge in [0.2, 0.25) is 11.8 Å². The molecule has 0 aliphatic carbocycles. The molecule has 2 amide bonds. The predicted octanol–water partition coefficient (Wildman–Crippen LogP) is 5.38. The standard InChI is InChI=1S/C22H38N2O3S4/c25-17-18(24-22(27)11-4-2-9-20-13-16-29-31-20)7-5-6-14-23-21(26)10-3-1-8-19-12-15-28-30-19/h17-20H,1-16H2,(H,23,26)(H,24,27). The van der Waals surface area contributed by atoms with E-state index in [0.717, 1.165) is 55.3 Å². The lowest BCUT2D eigenvalue weighted by Crippen LogP contribution is -2.36. The molecule has 0 spiro atoms. The van der Waals surface area contributed by atoms with Crippen LogP contribution >= 0.6 is 43.2 Å². The third kappa shape index (κ3) is 13.3. The Bertz CT molecular complexity index is 527. The molecule has 2 heterocycles. The number of aldehydes is 1. The van der Waals surface area contributed by atoms with Gasteiger partial charge in [-0.05, 0) is 57.8 Å². The van der Waals surface area contributed by atoms with Crippen molar-refractivity contribution in [3.63, 3.8) is 0 Å². The van der Waals surface area contributed by atoms with Crippen LogP contribution in [0.5, 0.6) is 0 Å². The van der Waals surface area contributed by atoms with Crippen molar-refractivity contribution in [1.82, 2.24) is 10.6 Å². The minimum absolute atomic E-state index is 0.0200. The van der Waals surface area contributed by atoms with Gasteiger partial charge < -0.3 is 15.4 Å². The Kier molecular flexibility index (Phi) is 15.4. The van der Waals surface area contributed by atoms with Gasteiger partial charge in [-0.2, -0.15) is 0 Å². The SMILES string of the molecule is O=CC(CCCCNC(=O)CCCCC1CCSS1)NC(=O)CCCCC1CCSS1. The molecule has 3 unspecified atom stereocenters. The first kappa shape index (κ1) is 27.3. The van der Waals surface area contributed by atoms with Gasteiger partial charge in [0.25, 0.3) is 0 Å². The number of carbonyl (C=O) groups excluding carboxylic acids is 3. The highest BCUT2D eigenvalue weighted by Gasteiger charge is 2.17. The largest absolute Gasteiger partial charge is 0.356 e. The van der Waals surface area contributed by atoms with Crippen molar-refractivity contribution in [3.8, 4) is 0 Å². The Morgan fingerprint density at radius 1 is 0.839 bits per heavy atom. The van der Waals surface area contributed by atoms with E-state index in [1.54, 1.807) is 0 Å². The van der Waals surface area contributed by atoms with Crippen LogP contribution < -0.4 is 10.6 Å². The zero-order chi connectivity index (χ0) is 22.2. The van der Waals surface area contributed by atoms with Crippen LogP contribution in [0.2, 0.25) is 0 Å². The molecule has 0 radical (unpaired) electrons. The summed E-state index contributed by atoms with van der Waals surface area (Å²) in [6, 6.07) is -0.406. The maximum atomic E-state index is 12.1. The van der Waals surface area contributed by atoms with Gasteiger partial charge in [0.1, 0.15) is 6.29 Å². The highest BCUT2D eigenvalue weighted by Crippen LogP contribution is 2.40. The van der Waals surface area contributed by atoms with Crippen LogP contribution in [0.25, 0.3) is 0 Å². The summed E-state index contributed by atoms with van der Waals surface area (Å²) in [6.45, 7) is 0.644. The van der Waals surface area contributed by atoms with E-state index in [9.17, 15) is 14.4 Å². The molecule has 3 atom stereocenters. The summed E-state index contributed by atoms with van der Waals surface area (Å²) >= 11 is 0. The second-order valence-corrected chi connectivity index (χ2v) is 13.9. The number of unbranched alkanes of at least 4 members (excludes halogenated alkanes) is 3. The number of hydrogen-bond acceptors (Lipinski definition) is 7. The average molecular weight is 507 g/mol. The van der Waals surface area contributed by atoms with E-state index < -0.39 is 6.04 Å². The zero-order valence-corrected chi connectivity index (χ0v) is 21.7. The monoisotopic (exact) mass is 506 g/mol. The fraction of sp³-hybridized carbons (Fsp3) is 0.864. The molecule has 2 aliphatic rings. The molecule has 2 fully saturated rings. The van der Waals surface area contributed by atoms with Crippen LogP contribution in [0.3, 0.4) is 0 Å². The fourth-order valence-corrected chi connectivity index (χ4v) is 9.76. The Hall–Kier alpha value is 0.01000. The maximum Gasteiger partial charge on any atom is 0.220 e. The summed E-state index contributed by atoms with van der Waals surface area (Å²) in [7, 11) is 7.90. The molecule has 0 aromatic heterocycles. The second-order valence-electron chi connectivity index (χ2n) is 8.31. The maximum absolute atomic E-state index is 12.1. The van der Waals surface area contributed by atoms with Crippen molar-refractivity contribution < 1.29 is 14.4 Å². The Morgan fingerprint density at radius 3 is 2.00 bits per heavy atom. The van der Waals surface area contributed by atoms with Gasteiger partial charge in [0.15, 0.2) is 0 Å². The third-order valence-corrected chi connectivity index (χ3v) is 11.6. The van der Waals surface area contributed by atoms with Gasteiger partial charge in [-0.3, -0.25) is 9.59 Å². The number of nitrogens with one attached hydrogen (secondary N) is 2. The predicted molar refractivity (Wildman–Crippen MR) is 139 cm³/mol. The van der Waals surface area contributed by atoms with Gasteiger partial charge in [-0.25, -0.2) is 0 Å². The summed E-state index contributed by atoms with van der Waals surface area (Å²) < 4.78 is 0. The van der Waals surface area contributed by atoms with Crippen molar-refractivity contribution in [2.75, 3.05) is 18.1 Å². The first-order chi connectivity index (χ1) is 15.2. The smallest absolute Gasteiger partial charge is 0.220 e. The molecule has 0 saturated carbocycles. The molecular weight excluding hydrogens is 469 g/mol. The molecule has 2 saturated heterocycles. The molecule has 31 heavy (non-hydrogen) atoms. The number of carbonyl (C=O) groups is 3. The molecule has 0 aromatic carbocycles. The van der Waals surface area contributed by atoms with Gasteiger partial charge in [0, 0.05) is 41.4 Å². The van der Waals surface area contributed by atoms with E-state index in [4.69, 9.17) is 0 Å². The topological polar surface area (TPSA) is 75.3 Å². The minimum Gasteiger partial charge on any atom is -0.356 e. The van der Waals surface area contributed by atoms with E-state index in [1.807, 2.05) is 43.2 Å². The van der Waals surface area contributed by atoms with E-state index in [2.05, 4.69) is 10.6 Å². The van der Waals surface area contributed by atoms with Crippen LogP contribution in [0.1, 0.15) is 83.5 Å². The molecule has 2 rings (SSSR count). The molecule has 2 N–H and O–H groups in total.